The zero-order valence-corrected chi connectivity index (χ0v) is 27.4. The van der Waals surface area contributed by atoms with Crippen LogP contribution in [0.3, 0.4) is 0 Å². The van der Waals surface area contributed by atoms with Crippen LogP contribution in [0, 0.1) is 6.92 Å². The summed E-state index contributed by atoms with van der Waals surface area (Å²) in [5, 5.41) is 0. The van der Waals surface area contributed by atoms with Crippen molar-refractivity contribution in [1.82, 2.24) is 4.90 Å². The van der Waals surface area contributed by atoms with Crippen molar-refractivity contribution in [3.63, 3.8) is 0 Å². The van der Waals surface area contributed by atoms with E-state index in [1.807, 2.05) is 0 Å². The van der Waals surface area contributed by atoms with Gasteiger partial charge in [0.05, 0.1) is 0 Å². The second kappa shape index (κ2) is 35.5. The Morgan fingerprint density at radius 2 is 0.615 bits per heavy atom. The van der Waals surface area contributed by atoms with E-state index >= 15 is 0 Å². The third-order valence-corrected chi connectivity index (χ3v) is 8.29. The van der Waals surface area contributed by atoms with E-state index in [0.29, 0.717) is 0 Å². The summed E-state index contributed by atoms with van der Waals surface area (Å²) < 4.78 is 0. The van der Waals surface area contributed by atoms with Crippen molar-refractivity contribution in [3.8, 4) is 0 Å². The maximum atomic E-state index is 4.18. The van der Waals surface area contributed by atoms with Gasteiger partial charge in [0.15, 0.2) is 0 Å². The molecule has 0 saturated heterocycles. The summed E-state index contributed by atoms with van der Waals surface area (Å²) in [6.45, 7) is 12.3. The Bertz CT molecular complexity index is 437. The topological polar surface area (TPSA) is 3.24 Å². The zero-order valence-electron chi connectivity index (χ0n) is 27.4. The van der Waals surface area contributed by atoms with Gasteiger partial charge in [-0.25, -0.2) is 0 Å². The third-order valence-electron chi connectivity index (χ3n) is 8.29. The Kier molecular flexibility index (Phi) is 35.0. The summed E-state index contributed by atoms with van der Waals surface area (Å²) in [6.07, 6.45) is 48.6. The Balaban J connectivity index is 3.34. The van der Waals surface area contributed by atoms with Crippen molar-refractivity contribution in [1.29, 1.82) is 0 Å². The van der Waals surface area contributed by atoms with Crippen molar-refractivity contribution >= 4 is 0 Å². The van der Waals surface area contributed by atoms with Crippen LogP contribution in [-0.4, -0.2) is 24.5 Å². The largest absolute Gasteiger partial charge is 0.303 e. The minimum atomic E-state index is 0.982. The normalized spacial score (nSPS) is 12.1. The van der Waals surface area contributed by atoms with Gasteiger partial charge in [-0.1, -0.05) is 154 Å². The van der Waals surface area contributed by atoms with Crippen LogP contribution in [0.4, 0.5) is 0 Å². The summed E-state index contributed by atoms with van der Waals surface area (Å²) >= 11 is 0. The van der Waals surface area contributed by atoms with E-state index < -0.39 is 0 Å². The SMILES string of the molecule is [CH2]CN(CCCCCCCC/C=C\CCCCCCCC)CCCCCCCC/C=C\CCCCCCCC. The first-order chi connectivity index (χ1) is 19.3. The summed E-state index contributed by atoms with van der Waals surface area (Å²) in [6, 6.07) is 0. The van der Waals surface area contributed by atoms with Gasteiger partial charge in [0.2, 0.25) is 0 Å². The van der Waals surface area contributed by atoms with Gasteiger partial charge in [-0.2, -0.15) is 0 Å². The molecule has 1 radical (unpaired) electrons. The predicted octanol–water partition coefficient (Wildman–Crippen LogP) is 13.2. The van der Waals surface area contributed by atoms with Crippen LogP contribution >= 0.6 is 0 Å². The zero-order chi connectivity index (χ0) is 28.3. The molecule has 0 bridgehead atoms. The maximum absolute atomic E-state index is 4.18. The quantitative estimate of drug-likeness (QED) is 0.0586. The van der Waals surface area contributed by atoms with Crippen molar-refractivity contribution in [3.05, 3.63) is 31.2 Å². The van der Waals surface area contributed by atoms with Crippen molar-refractivity contribution in [2.24, 2.45) is 0 Å². The van der Waals surface area contributed by atoms with E-state index in [-0.39, 0.29) is 0 Å². The maximum Gasteiger partial charge on any atom is -0.00183 e. The molecule has 0 spiro atoms. The van der Waals surface area contributed by atoms with Gasteiger partial charge in [-0.15, -0.1) is 0 Å². The first kappa shape index (κ1) is 38.4. The molecule has 0 atom stereocenters. The molecule has 0 aromatic carbocycles. The first-order valence-electron chi connectivity index (χ1n) is 18.2. The van der Waals surface area contributed by atoms with E-state index in [9.17, 15) is 0 Å². The van der Waals surface area contributed by atoms with Gasteiger partial charge in [0.25, 0.3) is 0 Å². The minimum Gasteiger partial charge on any atom is -0.303 e. The molecule has 0 aromatic rings. The van der Waals surface area contributed by atoms with E-state index in [2.05, 4.69) is 50.0 Å². The molecule has 0 aliphatic heterocycles. The summed E-state index contributed by atoms with van der Waals surface area (Å²) in [5.41, 5.74) is 0. The predicted molar refractivity (Wildman–Crippen MR) is 181 cm³/mol. The average Bonchev–Trinajstić information content (AvgIpc) is 2.95. The van der Waals surface area contributed by atoms with Crippen LogP contribution in [0.25, 0.3) is 0 Å². The molecule has 0 heterocycles. The van der Waals surface area contributed by atoms with Crippen molar-refractivity contribution in [2.45, 2.75) is 194 Å². The molecular weight excluding hydrogens is 470 g/mol. The molecule has 1 heteroatoms. The average molecular weight is 545 g/mol. The Morgan fingerprint density at radius 3 is 0.897 bits per heavy atom. The highest BCUT2D eigenvalue weighted by molar-refractivity contribution is 4.82. The smallest absolute Gasteiger partial charge is 0.00183 e. The molecule has 231 valence electrons. The number of rotatable bonds is 33. The number of nitrogens with zero attached hydrogens (tertiary/aromatic N) is 1. The molecule has 0 aliphatic rings. The Hall–Kier alpha value is -0.560. The van der Waals surface area contributed by atoms with E-state index in [0.717, 1.165) is 6.54 Å². The Morgan fingerprint density at radius 1 is 0.359 bits per heavy atom. The molecule has 1 nitrogen and oxygen atoms in total. The lowest BCUT2D eigenvalue weighted by Gasteiger charge is -2.20. The Labute approximate surface area is 249 Å². The number of hydrogen-bond donors (Lipinski definition) is 0. The van der Waals surface area contributed by atoms with Gasteiger partial charge in [-0.3, -0.25) is 0 Å². The van der Waals surface area contributed by atoms with Crippen LogP contribution in [0.2, 0.25) is 0 Å². The van der Waals surface area contributed by atoms with Gasteiger partial charge >= 0.3 is 0 Å². The van der Waals surface area contributed by atoms with Gasteiger partial charge in [0.1, 0.15) is 0 Å². The van der Waals surface area contributed by atoms with Crippen molar-refractivity contribution < 1.29 is 0 Å². The molecule has 0 amide bonds. The van der Waals surface area contributed by atoms with Crippen LogP contribution in [0.1, 0.15) is 194 Å². The fourth-order valence-corrected chi connectivity index (χ4v) is 5.50. The second-order valence-electron chi connectivity index (χ2n) is 12.2. The lowest BCUT2D eigenvalue weighted by molar-refractivity contribution is 0.285. The standard InChI is InChI=1S/C38H74N/c1-4-7-9-11-13-15-17-19-21-23-25-27-29-31-33-35-37-39(6-3)38-36-34-32-30-28-26-24-22-20-18-16-14-12-10-8-5-2/h19-22H,3-18,23-38H2,1-2H3/b21-19-,22-20-. The monoisotopic (exact) mass is 545 g/mol. The van der Waals surface area contributed by atoms with Crippen molar-refractivity contribution in [2.75, 3.05) is 19.6 Å². The molecule has 0 fully saturated rings. The summed E-state index contributed by atoms with van der Waals surface area (Å²) in [7, 11) is 0. The second-order valence-corrected chi connectivity index (χ2v) is 12.2. The van der Waals surface area contributed by atoms with Crippen LogP contribution < -0.4 is 0 Å². The number of unbranched alkanes of at least 4 members (excludes halogenated alkanes) is 24. The van der Waals surface area contributed by atoms with E-state index in [4.69, 9.17) is 0 Å². The molecule has 0 saturated carbocycles. The summed E-state index contributed by atoms with van der Waals surface area (Å²) in [5.74, 6) is 0. The molecule has 0 rings (SSSR count). The fourth-order valence-electron chi connectivity index (χ4n) is 5.50. The molecular formula is C38H74N. The third kappa shape index (κ3) is 33.5. The highest BCUT2D eigenvalue weighted by Crippen LogP contribution is 2.12. The van der Waals surface area contributed by atoms with Gasteiger partial charge < -0.3 is 4.90 Å². The van der Waals surface area contributed by atoms with E-state index in [1.54, 1.807) is 0 Å². The van der Waals surface area contributed by atoms with Crippen LogP contribution in [0.15, 0.2) is 24.3 Å². The molecule has 39 heavy (non-hydrogen) atoms. The van der Waals surface area contributed by atoms with E-state index in [1.165, 1.54) is 193 Å². The van der Waals surface area contributed by atoms with Gasteiger partial charge in [-0.05, 0) is 90.8 Å². The fraction of sp³-hybridized carbons (Fsp3) is 0.868. The molecule has 0 N–H and O–H groups in total. The molecule has 0 aromatic heterocycles. The number of allylic oxidation sites excluding steroid dienone is 4. The number of hydrogen-bond acceptors (Lipinski definition) is 1. The highest BCUT2D eigenvalue weighted by atomic mass is 15.1. The molecule has 0 unspecified atom stereocenters. The van der Waals surface area contributed by atoms with Crippen LogP contribution in [0.5, 0.6) is 0 Å². The highest BCUT2D eigenvalue weighted by Gasteiger charge is 2.02. The lowest BCUT2D eigenvalue weighted by Crippen LogP contribution is -2.25. The minimum absolute atomic E-state index is 0.982. The molecule has 0 aliphatic carbocycles. The first-order valence-corrected chi connectivity index (χ1v) is 18.2. The lowest BCUT2D eigenvalue weighted by atomic mass is 10.1. The van der Waals surface area contributed by atoms with Crippen LogP contribution in [-0.2, 0) is 0 Å². The summed E-state index contributed by atoms with van der Waals surface area (Å²) in [4.78, 5) is 2.59. The van der Waals surface area contributed by atoms with Gasteiger partial charge in [0, 0.05) is 0 Å².